The number of benzene rings is 10. The third-order valence-electron chi connectivity index (χ3n) is 11.4. The second kappa shape index (κ2) is 13.8. The Labute approximate surface area is 322 Å². The molecule has 0 heteroatoms. The van der Waals surface area contributed by atoms with Gasteiger partial charge in [0.15, 0.2) is 0 Å². The average molecular weight is 699 g/mol. The molecule has 0 radical (unpaired) electrons. The monoisotopic (exact) mass is 698 g/mol. The molecule has 0 saturated heterocycles. The lowest BCUT2D eigenvalue weighted by Gasteiger charge is -2.37. The maximum Gasteiger partial charge on any atom is 0.0701 e. The van der Waals surface area contributed by atoms with Crippen LogP contribution in [0.2, 0.25) is 0 Å². The van der Waals surface area contributed by atoms with E-state index in [1.165, 1.54) is 88.0 Å². The SMILES string of the molecule is c1ccc(-c2cc3ccccc3cc2-c2ccc3c(ccc4cc(-c5ccc(C(c6ccccc6)(c6ccccc6)c6ccccc6)cc5)ccc43)c2)cc1. The Morgan fingerprint density at radius 3 is 1.11 bits per heavy atom. The van der Waals surface area contributed by atoms with Crippen LogP contribution in [0.5, 0.6) is 0 Å². The molecule has 0 unspecified atom stereocenters. The first-order valence-electron chi connectivity index (χ1n) is 19.1. The van der Waals surface area contributed by atoms with Crippen LogP contribution in [-0.2, 0) is 5.41 Å². The summed E-state index contributed by atoms with van der Waals surface area (Å²) in [5.41, 5.74) is 11.9. The topological polar surface area (TPSA) is 0 Å². The highest BCUT2D eigenvalue weighted by molar-refractivity contribution is 6.10. The van der Waals surface area contributed by atoms with Gasteiger partial charge in [-0.25, -0.2) is 0 Å². The summed E-state index contributed by atoms with van der Waals surface area (Å²) < 4.78 is 0. The highest BCUT2D eigenvalue weighted by Crippen LogP contribution is 2.46. The van der Waals surface area contributed by atoms with E-state index in [9.17, 15) is 0 Å². The van der Waals surface area contributed by atoms with Crippen molar-refractivity contribution in [2.45, 2.75) is 5.41 Å². The van der Waals surface area contributed by atoms with Gasteiger partial charge in [-0.1, -0.05) is 206 Å². The Balaban J connectivity index is 1.04. The maximum atomic E-state index is 2.36. The molecule has 55 heavy (non-hydrogen) atoms. The smallest absolute Gasteiger partial charge is 0.0622 e. The van der Waals surface area contributed by atoms with E-state index in [1.807, 2.05) is 0 Å². The van der Waals surface area contributed by atoms with E-state index >= 15 is 0 Å². The van der Waals surface area contributed by atoms with Crippen LogP contribution in [0.3, 0.4) is 0 Å². The minimum Gasteiger partial charge on any atom is -0.0622 e. The Hall–Kier alpha value is -7.02. The lowest BCUT2D eigenvalue weighted by molar-refractivity contribution is 0.745. The molecule has 0 nitrogen and oxygen atoms in total. The molecule has 0 spiro atoms. The molecule has 0 heterocycles. The maximum absolute atomic E-state index is 2.36. The highest BCUT2D eigenvalue weighted by atomic mass is 14.4. The summed E-state index contributed by atoms with van der Waals surface area (Å²) >= 11 is 0. The quantitative estimate of drug-likeness (QED) is 0.115. The summed E-state index contributed by atoms with van der Waals surface area (Å²) in [6, 6.07) is 84.5. The lowest BCUT2D eigenvalue weighted by Crippen LogP contribution is -2.30. The molecule has 0 aliphatic carbocycles. The van der Waals surface area contributed by atoms with E-state index in [0.29, 0.717) is 0 Å². The largest absolute Gasteiger partial charge is 0.0701 e. The summed E-state index contributed by atoms with van der Waals surface area (Å²) in [6.07, 6.45) is 0. The van der Waals surface area contributed by atoms with Crippen LogP contribution in [0, 0.1) is 0 Å². The molecule has 10 aromatic rings. The molecule has 10 rings (SSSR count). The molecule has 0 N–H and O–H groups in total. The molecule has 0 atom stereocenters. The van der Waals surface area contributed by atoms with Gasteiger partial charge in [0.25, 0.3) is 0 Å². The van der Waals surface area contributed by atoms with Gasteiger partial charge in [-0.3, -0.25) is 0 Å². The second-order valence-corrected chi connectivity index (χ2v) is 14.5. The van der Waals surface area contributed by atoms with Gasteiger partial charge >= 0.3 is 0 Å². The average Bonchev–Trinajstić information content (AvgIpc) is 3.27. The van der Waals surface area contributed by atoms with Gasteiger partial charge in [-0.15, -0.1) is 0 Å². The van der Waals surface area contributed by atoms with Crippen molar-refractivity contribution < 1.29 is 0 Å². The Bertz CT molecular complexity index is 2830. The van der Waals surface area contributed by atoms with Gasteiger partial charge in [-0.05, 0) is 112 Å². The fourth-order valence-corrected chi connectivity index (χ4v) is 8.73. The standard InChI is InChI=1S/C55H38/c1-5-15-40(16-6-1)53-37-41-17-13-14-18-42(41)38-54(53)46-30-34-52-45(36-46)26-25-44-35-43(29-33-51(44)52)39-27-31-50(32-28-39)55(47-19-7-2-8-20-47,48-21-9-3-10-22-48)49-23-11-4-12-24-49/h1-38H. The summed E-state index contributed by atoms with van der Waals surface area (Å²) in [5.74, 6) is 0. The molecule has 0 aliphatic rings. The van der Waals surface area contributed by atoms with Crippen LogP contribution in [0.1, 0.15) is 22.3 Å². The predicted octanol–water partition coefficient (Wildman–Crippen LogP) is 14.5. The molecule has 0 amide bonds. The van der Waals surface area contributed by atoms with Gasteiger partial charge in [0, 0.05) is 0 Å². The zero-order valence-electron chi connectivity index (χ0n) is 30.4. The minimum atomic E-state index is -0.460. The third kappa shape index (κ3) is 5.71. The molecular weight excluding hydrogens is 661 g/mol. The van der Waals surface area contributed by atoms with Crippen molar-refractivity contribution >= 4 is 32.3 Å². The second-order valence-electron chi connectivity index (χ2n) is 14.5. The summed E-state index contributed by atoms with van der Waals surface area (Å²) in [7, 11) is 0. The molecule has 258 valence electrons. The molecule has 10 aromatic carbocycles. The molecular formula is C55H38. The van der Waals surface area contributed by atoms with E-state index in [-0.39, 0.29) is 0 Å². The summed E-state index contributed by atoms with van der Waals surface area (Å²) in [6.45, 7) is 0. The van der Waals surface area contributed by atoms with Crippen molar-refractivity contribution in [1.29, 1.82) is 0 Å². The van der Waals surface area contributed by atoms with Crippen LogP contribution >= 0.6 is 0 Å². The van der Waals surface area contributed by atoms with Gasteiger partial charge in [-0.2, -0.15) is 0 Å². The van der Waals surface area contributed by atoms with Crippen molar-refractivity contribution in [1.82, 2.24) is 0 Å². The third-order valence-corrected chi connectivity index (χ3v) is 11.4. The minimum absolute atomic E-state index is 0.460. The van der Waals surface area contributed by atoms with Crippen LogP contribution < -0.4 is 0 Å². The number of fused-ring (bicyclic) bond motifs is 4. The zero-order chi connectivity index (χ0) is 36.6. The fourth-order valence-electron chi connectivity index (χ4n) is 8.73. The van der Waals surface area contributed by atoms with Crippen LogP contribution in [0.15, 0.2) is 231 Å². The van der Waals surface area contributed by atoms with Crippen molar-refractivity contribution in [3.05, 3.63) is 253 Å². The van der Waals surface area contributed by atoms with Crippen LogP contribution in [0.25, 0.3) is 65.7 Å². The van der Waals surface area contributed by atoms with Crippen molar-refractivity contribution in [2.75, 3.05) is 0 Å². The predicted molar refractivity (Wildman–Crippen MR) is 234 cm³/mol. The molecule has 0 fully saturated rings. The van der Waals surface area contributed by atoms with Crippen molar-refractivity contribution in [2.24, 2.45) is 0 Å². The Morgan fingerprint density at radius 1 is 0.218 bits per heavy atom. The van der Waals surface area contributed by atoms with Gasteiger partial charge in [0.2, 0.25) is 0 Å². The highest BCUT2D eigenvalue weighted by Gasteiger charge is 2.38. The van der Waals surface area contributed by atoms with Gasteiger partial charge < -0.3 is 0 Å². The van der Waals surface area contributed by atoms with Crippen molar-refractivity contribution in [3.8, 4) is 33.4 Å². The fraction of sp³-hybridized carbons (Fsp3) is 0.0182. The van der Waals surface area contributed by atoms with Gasteiger partial charge in [0.05, 0.1) is 5.41 Å². The van der Waals surface area contributed by atoms with E-state index in [0.717, 1.165) is 0 Å². The first kappa shape index (κ1) is 32.6. The Morgan fingerprint density at radius 2 is 0.600 bits per heavy atom. The van der Waals surface area contributed by atoms with E-state index in [1.54, 1.807) is 0 Å². The van der Waals surface area contributed by atoms with Gasteiger partial charge in [0.1, 0.15) is 0 Å². The summed E-state index contributed by atoms with van der Waals surface area (Å²) in [5, 5.41) is 7.52. The van der Waals surface area contributed by atoms with Crippen LogP contribution in [-0.4, -0.2) is 0 Å². The van der Waals surface area contributed by atoms with E-state index < -0.39 is 5.41 Å². The normalized spacial score (nSPS) is 11.6. The lowest BCUT2D eigenvalue weighted by atomic mass is 9.65. The molecule has 0 aromatic heterocycles. The summed E-state index contributed by atoms with van der Waals surface area (Å²) in [4.78, 5) is 0. The number of rotatable bonds is 7. The van der Waals surface area contributed by atoms with Crippen molar-refractivity contribution in [3.63, 3.8) is 0 Å². The zero-order valence-corrected chi connectivity index (χ0v) is 30.4. The first-order valence-corrected chi connectivity index (χ1v) is 19.1. The number of hydrogen-bond donors (Lipinski definition) is 0. The van der Waals surface area contributed by atoms with E-state index in [4.69, 9.17) is 0 Å². The van der Waals surface area contributed by atoms with Crippen LogP contribution in [0.4, 0.5) is 0 Å². The van der Waals surface area contributed by atoms with E-state index in [2.05, 4.69) is 231 Å². The molecule has 0 aliphatic heterocycles. The number of hydrogen-bond acceptors (Lipinski definition) is 0. The first-order chi connectivity index (χ1) is 27.3. The Kier molecular flexibility index (Phi) is 8.16. The molecule has 0 bridgehead atoms. The molecule has 0 saturated carbocycles.